The van der Waals surface area contributed by atoms with Crippen molar-refractivity contribution in [2.45, 2.75) is 6.92 Å². The molecule has 0 bridgehead atoms. The predicted octanol–water partition coefficient (Wildman–Crippen LogP) is 3.38. The Labute approximate surface area is 192 Å². The van der Waals surface area contributed by atoms with Crippen LogP contribution >= 0.6 is 0 Å². The van der Waals surface area contributed by atoms with Crippen molar-refractivity contribution in [3.8, 4) is 0 Å². The van der Waals surface area contributed by atoms with Crippen molar-refractivity contribution < 1.29 is 24.3 Å². The zero-order chi connectivity index (χ0) is 23.6. The second kappa shape index (κ2) is 11.6. The van der Waals surface area contributed by atoms with Crippen LogP contribution in [0.3, 0.4) is 0 Å². The molecule has 0 aromatic heterocycles. The van der Waals surface area contributed by atoms with E-state index in [1.165, 1.54) is 17.6 Å². The minimum absolute atomic E-state index is 0.0998. The summed E-state index contributed by atoms with van der Waals surface area (Å²) in [6.07, 6.45) is 5.78. The van der Waals surface area contributed by atoms with Crippen LogP contribution in [0.15, 0.2) is 60.7 Å². The molecule has 172 valence electrons. The van der Waals surface area contributed by atoms with E-state index in [-0.39, 0.29) is 11.9 Å². The summed E-state index contributed by atoms with van der Waals surface area (Å²) in [6.45, 7) is 4.79. The number of nitrogens with zero attached hydrogens (tertiary/aromatic N) is 2. The maximum absolute atomic E-state index is 12.5. The third kappa shape index (κ3) is 6.78. The molecular formula is C25H27N3O5. The number of ketones is 1. The molecule has 0 spiro atoms. The second-order valence-electron chi connectivity index (χ2n) is 7.39. The molecule has 8 nitrogen and oxygen atoms in total. The molecule has 0 radical (unpaired) electrons. The van der Waals surface area contributed by atoms with Crippen LogP contribution in [0.25, 0.3) is 12.2 Å². The van der Waals surface area contributed by atoms with Crippen molar-refractivity contribution in [2.24, 2.45) is 0 Å². The highest BCUT2D eigenvalue weighted by molar-refractivity contribution is 6.07. The lowest BCUT2D eigenvalue weighted by molar-refractivity contribution is -0.124. The molecule has 33 heavy (non-hydrogen) atoms. The van der Waals surface area contributed by atoms with Crippen LogP contribution in [-0.4, -0.2) is 60.7 Å². The molecular weight excluding hydrogens is 422 g/mol. The fourth-order valence-electron chi connectivity index (χ4n) is 3.39. The minimum atomic E-state index is -0.602. The first kappa shape index (κ1) is 23.7. The van der Waals surface area contributed by atoms with Crippen LogP contribution in [0, 0.1) is 0 Å². The van der Waals surface area contributed by atoms with E-state index in [1.54, 1.807) is 36.1 Å². The molecule has 2 amide bonds. The molecule has 0 unspecified atom stereocenters. The van der Waals surface area contributed by atoms with Crippen LogP contribution in [0.5, 0.6) is 0 Å². The molecule has 0 aliphatic carbocycles. The lowest BCUT2D eigenvalue weighted by atomic mass is 10.1. The summed E-state index contributed by atoms with van der Waals surface area (Å²) in [5.74, 6) is -0.702. The molecule has 1 aliphatic rings. The number of nitrogens with one attached hydrogen (secondary N) is 1. The minimum Gasteiger partial charge on any atom is -0.450 e. The van der Waals surface area contributed by atoms with E-state index in [9.17, 15) is 14.4 Å². The van der Waals surface area contributed by atoms with E-state index in [0.717, 1.165) is 16.8 Å². The Bertz CT molecular complexity index is 1020. The maximum Gasteiger partial charge on any atom is 0.409 e. The highest BCUT2D eigenvalue weighted by Crippen LogP contribution is 2.18. The van der Waals surface area contributed by atoms with Gasteiger partial charge in [0.15, 0.2) is 5.78 Å². The van der Waals surface area contributed by atoms with E-state index in [0.29, 0.717) is 38.3 Å². The number of piperazine rings is 1. The number of ether oxygens (including phenoxy) is 1. The number of allylic oxidation sites excluding steroid dienone is 1. The molecule has 0 atom stereocenters. The Kier molecular flexibility index (Phi) is 8.37. The molecule has 1 heterocycles. The van der Waals surface area contributed by atoms with Crippen molar-refractivity contribution in [1.82, 2.24) is 10.4 Å². The molecule has 3 rings (SSSR count). The zero-order valence-electron chi connectivity index (χ0n) is 18.4. The van der Waals surface area contributed by atoms with Gasteiger partial charge in [-0.05, 0) is 54.5 Å². The number of rotatable bonds is 7. The number of hydrogen-bond donors (Lipinski definition) is 2. The summed E-state index contributed by atoms with van der Waals surface area (Å²) in [7, 11) is 0. The SMILES string of the molecule is CCOC(=O)N1CCN(c2ccc(C(=O)C=Cc3ccc(C=CC(=O)NO)cc3)cc2)CC1. The number of carbonyl (C=O) groups excluding carboxylic acids is 3. The average molecular weight is 450 g/mol. The van der Waals surface area contributed by atoms with Gasteiger partial charge in [-0.2, -0.15) is 0 Å². The second-order valence-corrected chi connectivity index (χ2v) is 7.39. The van der Waals surface area contributed by atoms with Crippen LogP contribution in [0.1, 0.15) is 28.4 Å². The van der Waals surface area contributed by atoms with Gasteiger partial charge in [0.25, 0.3) is 5.91 Å². The largest absolute Gasteiger partial charge is 0.450 e. The number of amides is 2. The third-order valence-electron chi connectivity index (χ3n) is 5.22. The average Bonchev–Trinajstić information content (AvgIpc) is 2.86. The quantitative estimate of drug-likeness (QED) is 0.291. The van der Waals surface area contributed by atoms with Gasteiger partial charge in [-0.25, -0.2) is 10.3 Å². The van der Waals surface area contributed by atoms with Gasteiger partial charge in [0.1, 0.15) is 0 Å². The first-order chi connectivity index (χ1) is 16.0. The molecule has 8 heteroatoms. The van der Waals surface area contributed by atoms with Crippen LogP contribution in [0.2, 0.25) is 0 Å². The van der Waals surface area contributed by atoms with Gasteiger partial charge in [-0.15, -0.1) is 0 Å². The number of benzene rings is 2. The predicted molar refractivity (Wildman–Crippen MR) is 126 cm³/mol. The summed E-state index contributed by atoms with van der Waals surface area (Å²) in [5, 5.41) is 8.49. The highest BCUT2D eigenvalue weighted by Gasteiger charge is 2.22. The van der Waals surface area contributed by atoms with Crippen molar-refractivity contribution in [3.05, 3.63) is 77.4 Å². The molecule has 0 saturated carbocycles. The van der Waals surface area contributed by atoms with Gasteiger partial charge in [0, 0.05) is 43.5 Å². The Morgan fingerprint density at radius 1 is 0.909 bits per heavy atom. The summed E-state index contributed by atoms with van der Waals surface area (Å²) < 4.78 is 5.05. The number of carbonyl (C=O) groups is 3. The molecule has 1 fully saturated rings. The molecule has 1 aliphatic heterocycles. The first-order valence-electron chi connectivity index (χ1n) is 10.7. The zero-order valence-corrected chi connectivity index (χ0v) is 18.4. The topological polar surface area (TPSA) is 99.2 Å². The van der Waals surface area contributed by atoms with Gasteiger partial charge in [0.2, 0.25) is 0 Å². The standard InChI is InChI=1S/C25H27N3O5/c1-2-33-25(31)28-17-15-27(16-18-28)22-11-9-21(10-12-22)23(29)13-7-19-3-5-20(6-4-19)8-14-24(30)26-32/h3-14,32H,2,15-18H2,1H3,(H,26,30). The Balaban J connectivity index is 1.54. The summed E-state index contributed by atoms with van der Waals surface area (Å²) in [4.78, 5) is 39.2. The Hall–Kier alpha value is -3.91. The van der Waals surface area contributed by atoms with Crippen LogP contribution < -0.4 is 10.4 Å². The summed E-state index contributed by atoms with van der Waals surface area (Å²) in [6, 6.07) is 14.7. The van der Waals surface area contributed by atoms with E-state index in [4.69, 9.17) is 9.94 Å². The lowest BCUT2D eigenvalue weighted by Crippen LogP contribution is -2.49. The van der Waals surface area contributed by atoms with Crippen molar-refractivity contribution in [2.75, 3.05) is 37.7 Å². The molecule has 2 N–H and O–H groups in total. The van der Waals surface area contributed by atoms with Crippen LogP contribution in [-0.2, 0) is 9.53 Å². The number of anilines is 1. The van der Waals surface area contributed by atoms with E-state index in [2.05, 4.69) is 4.90 Å². The smallest absolute Gasteiger partial charge is 0.409 e. The molecule has 2 aromatic rings. The summed E-state index contributed by atoms with van der Waals surface area (Å²) >= 11 is 0. The molecule has 1 saturated heterocycles. The highest BCUT2D eigenvalue weighted by atomic mass is 16.6. The third-order valence-corrected chi connectivity index (χ3v) is 5.22. The fraction of sp³-hybridized carbons (Fsp3) is 0.240. The maximum atomic E-state index is 12.5. The van der Waals surface area contributed by atoms with Gasteiger partial charge in [-0.1, -0.05) is 30.3 Å². The molecule has 2 aromatic carbocycles. The monoisotopic (exact) mass is 449 g/mol. The van der Waals surface area contributed by atoms with Gasteiger partial charge in [-0.3, -0.25) is 14.8 Å². The van der Waals surface area contributed by atoms with E-state index >= 15 is 0 Å². The Morgan fingerprint density at radius 2 is 1.48 bits per heavy atom. The normalized spacial score (nSPS) is 14.0. The van der Waals surface area contributed by atoms with Gasteiger partial charge >= 0.3 is 6.09 Å². The van der Waals surface area contributed by atoms with E-state index < -0.39 is 5.91 Å². The van der Waals surface area contributed by atoms with E-state index in [1.807, 2.05) is 36.4 Å². The van der Waals surface area contributed by atoms with Gasteiger partial charge < -0.3 is 14.5 Å². The van der Waals surface area contributed by atoms with Gasteiger partial charge in [0.05, 0.1) is 6.61 Å². The summed E-state index contributed by atoms with van der Waals surface area (Å²) in [5.41, 5.74) is 4.78. The number of hydroxylamine groups is 1. The fourth-order valence-corrected chi connectivity index (χ4v) is 3.39. The van der Waals surface area contributed by atoms with Crippen LogP contribution in [0.4, 0.5) is 10.5 Å². The first-order valence-corrected chi connectivity index (χ1v) is 10.7. The Morgan fingerprint density at radius 3 is 2.03 bits per heavy atom. The van der Waals surface area contributed by atoms with Crippen molar-refractivity contribution >= 4 is 35.6 Å². The van der Waals surface area contributed by atoms with Crippen molar-refractivity contribution in [3.63, 3.8) is 0 Å². The number of hydrogen-bond acceptors (Lipinski definition) is 6. The van der Waals surface area contributed by atoms with Crippen molar-refractivity contribution in [1.29, 1.82) is 0 Å². The lowest BCUT2D eigenvalue weighted by Gasteiger charge is -2.35.